The van der Waals surface area contributed by atoms with Gasteiger partial charge < -0.3 is 5.32 Å². The van der Waals surface area contributed by atoms with Crippen LogP contribution in [-0.4, -0.2) is 11.5 Å². The molecule has 4 rings (SSSR count). The quantitative estimate of drug-likeness (QED) is 0.318. The first-order valence-corrected chi connectivity index (χ1v) is 12.9. The predicted molar refractivity (Wildman–Crippen MR) is 135 cm³/mol. The van der Waals surface area contributed by atoms with Gasteiger partial charge in [0, 0.05) is 12.6 Å². The van der Waals surface area contributed by atoms with E-state index in [0.717, 1.165) is 37.3 Å². The highest BCUT2D eigenvalue weighted by Gasteiger charge is 2.39. The lowest BCUT2D eigenvalue weighted by Crippen LogP contribution is -2.48. The van der Waals surface area contributed by atoms with E-state index < -0.39 is 23.1 Å². The van der Waals surface area contributed by atoms with Crippen molar-refractivity contribution in [1.29, 1.82) is 0 Å². The minimum Gasteiger partial charge on any atom is -0.302 e. The molecule has 0 bridgehead atoms. The van der Waals surface area contributed by atoms with Gasteiger partial charge in [-0.25, -0.2) is 4.39 Å². The summed E-state index contributed by atoms with van der Waals surface area (Å²) in [7, 11) is 0. The molecule has 1 aromatic heterocycles. The number of hydrogen-bond donors (Lipinski definition) is 1. The first kappa shape index (κ1) is 26.6. The summed E-state index contributed by atoms with van der Waals surface area (Å²) in [6.07, 6.45) is 5.13. The average molecular weight is 519 g/mol. The lowest BCUT2D eigenvalue weighted by atomic mass is 9.79. The van der Waals surface area contributed by atoms with Crippen LogP contribution in [-0.2, 0) is 18.1 Å². The molecule has 1 atom stereocenters. The molecule has 2 nitrogen and oxygen atoms in total. The number of nitrogens with one attached hydrogen (secondary N) is 1. The minimum atomic E-state index is -4.68. The summed E-state index contributed by atoms with van der Waals surface area (Å²) >= 11 is 6.12. The molecular weight excluding hydrogens is 488 g/mol. The van der Waals surface area contributed by atoms with Gasteiger partial charge in [0.15, 0.2) is 0 Å². The molecule has 0 amide bonds. The second-order valence-electron chi connectivity index (χ2n) is 9.75. The van der Waals surface area contributed by atoms with Gasteiger partial charge in [-0.2, -0.15) is 13.2 Å². The van der Waals surface area contributed by atoms with E-state index in [0.29, 0.717) is 35.7 Å². The molecule has 0 spiro atoms. The lowest BCUT2D eigenvalue weighted by molar-refractivity contribution is -0.137. The Morgan fingerprint density at radius 1 is 0.861 bits per heavy atom. The van der Waals surface area contributed by atoms with E-state index in [1.807, 2.05) is 30.3 Å². The first-order chi connectivity index (χ1) is 17.3. The molecule has 1 saturated carbocycles. The van der Waals surface area contributed by atoms with E-state index in [1.165, 1.54) is 31.5 Å². The van der Waals surface area contributed by atoms with Crippen LogP contribution in [0.3, 0.4) is 0 Å². The third-order valence-electron chi connectivity index (χ3n) is 7.11. The second kappa shape index (κ2) is 11.7. The van der Waals surface area contributed by atoms with Crippen molar-refractivity contribution in [3.63, 3.8) is 0 Å². The normalized spacial score (nSPS) is 17.2. The highest BCUT2D eigenvalue weighted by molar-refractivity contribution is 6.30. The molecule has 0 radical (unpaired) electrons. The number of pyridine rings is 1. The van der Waals surface area contributed by atoms with Gasteiger partial charge in [0.1, 0.15) is 5.82 Å². The largest absolute Gasteiger partial charge is 0.416 e. The van der Waals surface area contributed by atoms with Crippen LogP contribution in [0.25, 0.3) is 0 Å². The van der Waals surface area contributed by atoms with Crippen molar-refractivity contribution in [3.05, 3.63) is 100 Å². The fourth-order valence-electron chi connectivity index (χ4n) is 5.19. The molecule has 1 aliphatic rings. The van der Waals surface area contributed by atoms with E-state index in [1.54, 1.807) is 12.1 Å². The minimum absolute atomic E-state index is 0.194. The van der Waals surface area contributed by atoms with Crippen molar-refractivity contribution >= 4 is 11.6 Å². The van der Waals surface area contributed by atoms with Crippen molar-refractivity contribution in [2.24, 2.45) is 5.92 Å². The Hall–Kier alpha value is -2.44. The van der Waals surface area contributed by atoms with Crippen LogP contribution < -0.4 is 5.32 Å². The lowest BCUT2D eigenvalue weighted by Gasteiger charge is -2.37. The van der Waals surface area contributed by atoms with Crippen LogP contribution in [0, 0.1) is 11.7 Å². The van der Waals surface area contributed by atoms with Gasteiger partial charge in [-0.15, -0.1) is 0 Å². The first-order valence-electron chi connectivity index (χ1n) is 12.6. The third kappa shape index (κ3) is 6.65. The van der Waals surface area contributed by atoms with E-state index >= 15 is 0 Å². The number of halogens is 5. The second-order valence-corrected chi connectivity index (χ2v) is 10.2. The fraction of sp³-hybridized carbons (Fsp3) is 0.414. The molecule has 2 aromatic carbocycles. The molecule has 1 fully saturated rings. The Kier molecular flexibility index (Phi) is 8.68. The summed E-state index contributed by atoms with van der Waals surface area (Å²) in [6.45, 7) is 0.592. The molecule has 1 heterocycles. The Morgan fingerprint density at radius 3 is 2.17 bits per heavy atom. The summed E-state index contributed by atoms with van der Waals surface area (Å²) in [5, 5.41) is 4.04. The molecule has 0 aliphatic heterocycles. The highest BCUT2D eigenvalue weighted by Crippen LogP contribution is 2.38. The number of aromatic nitrogens is 1. The highest BCUT2D eigenvalue weighted by atomic mass is 35.5. The zero-order valence-electron chi connectivity index (χ0n) is 20.1. The molecule has 1 N–H and O–H groups in total. The van der Waals surface area contributed by atoms with Crippen molar-refractivity contribution in [2.75, 3.05) is 6.54 Å². The number of rotatable bonds is 7. The number of nitrogens with zero attached hydrogens (tertiary/aromatic N) is 1. The monoisotopic (exact) mass is 518 g/mol. The Balaban J connectivity index is 1.84. The summed E-state index contributed by atoms with van der Waals surface area (Å²) in [4.78, 5) is 4.54. The smallest absolute Gasteiger partial charge is 0.302 e. The van der Waals surface area contributed by atoms with E-state index in [4.69, 9.17) is 11.6 Å². The summed E-state index contributed by atoms with van der Waals surface area (Å²) in [6, 6.07) is 15.7. The van der Waals surface area contributed by atoms with Gasteiger partial charge in [-0.1, -0.05) is 74.0 Å². The van der Waals surface area contributed by atoms with Gasteiger partial charge >= 0.3 is 6.18 Å². The molecule has 3 aromatic rings. The Bertz CT molecular complexity index is 1110. The van der Waals surface area contributed by atoms with E-state index in [2.05, 4.69) is 10.3 Å². The number of alkyl halides is 3. The molecule has 0 saturated heterocycles. The van der Waals surface area contributed by atoms with Crippen LogP contribution in [0.15, 0.2) is 66.9 Å². The third-order valence-corrected chi connectivity index (χ3v) is 7.34. The maximum Gasteiger partial charge on any atom is 0.416 e. The van der Waals surface area contributed by atoms with Crippen LogP contribution >= 0.6 is 11.6 Å². The van der Waals surface area contributed by atoms with Crippen molar-refractivity contribution < 1.29 is 17.6 Å². The average Bonchev–Trinajstić information content (AvgIpc) is 2.83. The van der Waals surface area contributed by atoms with Gasteiger partial charge in [0.25, 0.3) is 0 Å². The maximum absolute atomic E-state index is 14.7. The van der Waals surface area contributed by atoms with Crippen molar-refractivity contribution in [2.45, 2.75) is 63.1 Å². The maximum atomic E-state index is 14.7. The van der Waals surface area contributed by atoms with Crippen LogP contribution in [0.4, 0.5) is 17.6 Å². The molecule has 1 aliphatic carbocycles. The summed E-state index contributed by atoms with van der Waals surface area (Å²) in [5.74, 6) is -0.553. The van der Waals surface area contributed by atoms with Crippen LogP contribution in [0.2, 0.25) is 5.02 Å². The predicted octanol–water partition coefficient (Wildman–Crippen LogP) is 8.33. The Labute approximate surface area is 215 Å². The molecule has 1 unspecified atom stereocenters. The molecule has 36 heavy (non-hydrogen) atoms. The van der Waals surface area contributed by atoms with Gasteiger partial charge in [0.2, 0.25) is 0 Å². The molecule has 192 valence electrons. The number of benzene rings is 2. The Morgan fingerprint density at radius 2 is 1.53 bits per heavy atom. The molecular formula is C29H31ClF4N2. The zero-order valence-corrected chi connectivity index (χ0v) is 20.9. The summed E-state index contributed by atoms with van der Waals surface area (Å²) < 4.78 is 56.0. The topological polar surface area (TPSA) is 24.9 Å². The number of hydrogen-bond acceptors (Lipinski definition) is 2. The van der Waals surface area contributed by atoms with Crippen molar-refractivity contribution in [3.8, 4) is 0 Å². The van der Waals surface area contributed by atoms with Crippen LogP contribution in [0.1, 0.15) is 67.3 Å². The standard InChI is InChI=1S/C29H31ClF4N2/c30-25-13-14-27(35-20-25)28(18-21-9-7-4-8-10-21,36-19-22-11-5-2-1-3-6-12-22)23-15-24(29(32,33)34)17-26(31)16-23/h4,7-10,13-17,20,22,36H,1-3,5-6,11-12,18-19H2. The van der Waals surface area contributed by atoms with E-state index in [9.17, 15) is 17.6 Å². The van der Waals surface area contributed by atoms with Crippen LogP contribution in [0.5, 0.6) is 0 Å². The van der Waals surface area contributed by atoms with E-state index in [-0.39, 0.29) is 5.56 Å². The fourth-order valence-corrected chi connectivity index (χ4v) is 5.30. The van der Waals surface area contributed by atoms with Gasteiger partial charge in [0.05, 0.1) is 21.8 Å². The SMILES string of the molecule is Fc1cc(C(F)(F)F)cc(C(Cc2ccccc2)(NCC2CCCCCCC2)c2ccc(Cl)cn2)c1. The molecule has 7 heteroatoms. The van der Waals surface area contributed by atoms with Gasteiger partial charge in [-0.05, 0) is 66.8 Å². The van der Waals surface area contributed by atoms with Gasteiger partial charge in [-0.3, -0.25) is 4.98 Å². The van der Waals surface area contributed by atoms with Crippen molar-refractivity contribution in [1.82, 2.24) is 10.3 Å². The zero-order chi connectivity index (χ0) is 25.6. The summed E-state index contributed by atoms with van der Waals surface area (Å²) in [5.41, 5.74) is -0.607.